The van der Waals surface area contributed by atoms with E-state index in [1.807, 2.05) is 18.2 Å². The van der Waals surface area contributed by atoms with Crippen LogP contribution in [-0.2, 0) is 0 Å². The molecule has 0 radical (unpaired) electrons. The second-order valence-corrected chi connectivity index (χ2v) is 5.38. The highest BCUT2D eigenvalue weighted by Gasteiger charge is 2.18. The Morgan fingerprint density at radius 3 is 2.62 bits per heavy atom. The molecule has 1 nitrogen and oxygen atoms in total. The summed E-state index contributed by atoms with van der Waals surface area (Å²) in [7, 11) is 0. The van der Waals surface area contributed by atoms with E-state index in [2.05, 4.69) is 12.2 Å². The van der Waals surface area contributed by atoms with Crippen LogP contribution in [0.15, 0.2) is 18.2 Å². The van der Waals surface area contributed by atoms with Crippen molar-refractivity contribution in [3.05, 3.63) is 33.8 Å². The Morgan fingerprint density at radius 2 is 1.94 bits per heavy atom. The number of hydrogen-bond acceptors (Lipinski definition) is 1. The Morgan fingerprint density at radius 1 is 1.25 bits per heavy atom. The van der Waals surface area contributed by atoms with E-state index in [1.54, 1.807) is 0 Å². The van der Waals surface area contributed by atoms with Crippen molar-refractivity contribution in [1.82, 2.24) is 5.32 Å². The molecule has 0 bridgehead atoms. The summed E-state index contributed by atoms with van der Waals surface area (Å²) < 4.78 is 0. The van der Waals surface area contributed by atoms with Gasteiger partial charge in [0.1, 0.15) is 0 Å². The average molecular weight is 258 g/mol. The highest BCUT2D eigenvalue weighted by Crippen LogP contribution is 2.28. The van der Waals surface area contributed by atoms with Gasteiger partial charge in [-0.3, -0.25) is 0 Å². The first kappa shape index (κ1) is 12.2. The molecule has 1 atom stereocenters. The van der Waals surface area contributed by atoms with E-state index in [-0.39, 0.29) is 6.04 Å². The van der Waals surface area contributed by atoms with Crippen LogP contribution in [0.4, 0.5) is 0 Å². The van der Waals surface area contributed by atoms with Crippen molar-refractivity contribution in [3.8, 4) is 0 Å². The number of hydrogen-bond donors (Lipinski definition) is 1. The first-order valence-corrected chi connectivity index (χ1v) is 6.63. The summed E-state index contributed by atoms with van der Waals surface area (Å²) in [5.74, 6) is 0. The highest BCUT2D eigenvalue weighted by atomic mass is 35.5. The predicted molar refractivity (Wildman–Crippen MR) is 70.3 cm³/mol. The number of rotatable bonds is 3. The van der Waals surface area contributed by atoms with Gasteiger partial charge in [0.15, 0.2) is 0 Å². The fourth-order valence-electron chi connectivity index (χ4n) is 2.38. The van der Waals surface area contributed by atoms with E-state index in [0.717, 1.165) is 15.6 Å². The largest absolute Gasteiger partial charge is 0.307 e. The molecule has 0 amide bonds. The molecule has 1 unspecified atom stereocenters. The molecule has 0 heterocycles. The topological polar surface area (TPSA) is 12.0 Å². The molecule has 2 rings (SSSR count). The molecular formula is C13H17Cl2N. The molecule has 1 N–H and O–H groups in total. The van der Waals surface area contributed by atoms with Crippen LogP contribution in [0.2, 0.25) is 10.0 Å². The van der Waals surface area contributed by atoms with Gasteiger partial charge in [0, 0.05) is 22.1 Å². The van der Waals surface area contributed by atoms with Crippen LogP contribution in [0.3, 0.4) is 0 Å². The van der Waals surface area contributed by atoms with Gasteiger partial charge >= 0.3 is 0 Å². The van der Waals surface area contributed by atoms with Gasteiger partial charge in [-0.05, 0) is 43.5 Å². The minimum absolute atomic E-state index is 0.272. The summed E-state index contributed by atoms with van der Waals surface area (Å²) in [4.78, 5) is 0. The van der Waals surface area contributed by atoms with Crippen molar-refractivity contribution in [2.75, 3.05) is 0 Å². The fourth-order valence-corrected chi connectivity index (χ4v) is 2.84. The highest BCUT2D eigenvalue weighted by molar-refractivity contribution is 6.33. The summed E-state index contributed by atoms with van der Waals surface area (Å²) in [5.41, 5.74) is 1.10. The van der Waals surface area contributed by atoms with Gasteiger partial charge in [-0.15, -0.1) is 0 Å². The first-order valence-electron chi connectivity index (χ1n) is 5.88. The summed E-state index contributed by atoms with van der Waals surface area (Å²) in [6.07, 6.45) is 5.24. The van der Waals surface area contributed by atoms with E-state index < -0.39 is 0 Å². The Balaban J connectivity index is 2.07. The lowest BCUT2D eigenvalue weighted by molar-refractivity contribution is 0.461. The quantitative estimate of drug-likeness (QED) is 0.836. The summed E-state index contributed by atoms with van der Waals surface area (Å²) >= 11 is 12.2. The maximum absolute atomic E-state index is 6.18. The maximum Gasteiger partial charge on any atom is 0.0454 e. The van der Waals surface area contributed by atoms with Crippen LogP contribution in [0, 0.1) is 0 Å². The molecule has 1 aliphatic carbocycles. The van der Waals surface area contributed by atoms with Crippen molar-refractivity contribution in [2.45, 2.75) is 44.7 Å². The molecule has 88 valence electrons. The van der Waals surface area contributed by atoms with Crippen molar-refractivity contribution in [2.24, 2.45) is 0 Å². The zero-order valence-corrected chi connectivity index (χ0v) is 11.0. The van der Waals surface area contributed by atoms with Gasteiger partial charge in [0.2, 0.25) is 0 Å². The standard InChI is InChI=1S/C13H17Cl2N/c1-9(16-11-4-2-3-5-11)12-8-10(14)6-7-13(12)15/h6-9,11,16H,2-5H2,1H3. The summed E-state index contributed by atoms with van der Waals surface area (Å²) in [6.45, 7) is 2.15. The van der Waals surface area contributed by atoms with Crippen LogP contribution in [0.5, 0.6) is 0 Å². The van der Waals surface area contributed by atoms with Crippen LogP contribution in [0.1, 0.15) is 44.2 Å². The van der Waals surface area contributed by atoms with Crippen molar-refractivity contribution in [3.63, 3.8) is 0 Å². The second-order valence-electron chi connectivity index (χ2n) is 4.54. The Bertz CT molecular complexity index is 359. The zero-order valence-electron chi connectivity index (χ0n) is 9.47. The lowest BCUT2D eigenvalue weighted by Gasteiger charge is -2.20. The van der Waals surface area contributed by atoms with Gasteiger partial charge in [-0.2, -0.15) is 0 Å². The first-order chi connectivity index (χ1) is 7.66. The van der Waals surface area contributed by atoms with Crippen LogP contribution in [0.25, 0.3) is 0 Å². The molecule has 16 heavy (non-hydrogen) atoms. The molecule has 0 spiro atoms. The Kier molecular flexibility index (Phi) is 4.12. The van der Waals surface area contributed by atoms with Crippen LogP contribution >= 0.6 is 23.2 Å². The zero-order chi connectivity index (χ0) is 11.5. The Hall–Kier alpha value is -0.240. The van der Waals surface area contributed by atoms with E-state index >= 15 is 0 Å². The fraction of sp³-hybridized carbons (Fsp3) is 0.538. The second kappa shape index (κ2) is 5.39. The van der Waals surface area contributed by atoms with E-state index in [9.17, 15) is 0 Å². The molecule has 1 aromatic rings. The molecule has 1 aromatic carbocycles. The molecular weight excluding hydrogens is 241 g/mol. The molecule has 0 saturated heterocycles. The molecule has 0 aliphatic heterocycles. The molecule has 3 heteroatoms. The van der Waals surface area contributed by atoms with Gasteiger partial charge in [-0.25, -0.2) is 0 Å². The van der Waals surface area contributed by atoms with Gasteiger partial charge in [0.25, 0.3) is 0 Å². The third-order valence-electron chi connectivity index (χ3n) is 3.27. The van der Waals surface area contributed by atoms with Crippen LogP contribution < -0.4 is 5.32 Å². The lowest BCUT2D eigenvalue weighted by atomic mass is 10.1. The number of halogens is 2. The number of nitrogens with one attached hydrogen (secondary N) is 1. The maximum atomic E-state index is 6.18. The predicted octanol–water partition coefficient (Wildman–Crippen LogP) is 4.59. The smallest absolute Gasteiger partial charge is 0.0454 e. The van der Waals surface area contributed by atoms with Crippen LogP contribution in [-0.4, -0.2) is 6.04 Å². The lowest BCUT2D eigenvalue weighted by Crippen LogP contribution is -2.29. The van der Waals surface area contributed by atoms with E-state index in [1.165, 1.54) is 25.7 Å². The summed E-state index contributed by atoms with van der Waals surface area (Å²) in [5, 5.41) is 5.16. The molecule has 1 saturated carbocycles. The van der Waals surface area contributed by atoms with Crippen molar-refractivity contribution in [1.29, 1.82) is 0 Å². The van der Waals surface area contributed by atoms with Gasteiger partial charge < -0.3 is 5.32 Å². The van der Waals surface area contributed by atoms with Gasteiger partial charge in [0.05, 0.1) is 0 Å². The Labute approximate surface area is 107 Å². The van der Waals surface area contributed by atoms with Crippen molar-refractivity contribution < 1.29 is 0 Å². The molecule has 0 aromatic heterocycles. The summed E-state index contributed by atoms with van der Waals surface area (Å²) in [6, 6.07) is 6.57. The number of benzene rings is 1. The molecule has 1 aliphatic rings. The third kappa shape index (κ3) is 2.91. The van der Waals surface area contributed by atoms with Gasteiger partial charge in [-0.1, -0.05) is 36.0 Å². The van der Waals surface area contributed by atoms with E-state index in [0.29, 0.717) is 6.04 Å². The van der Waals surface area contributed by atoms with E-state index in [4.69, 9.17) is 23.2 Å². The third-order valence-corrected chi connectivity index (χ3v) is 3.84. The monoisotopic (exact) mass is 257 g/mol. The molecule has 1 fully saturated rings. The minimum Gasteiger partial charge on any atom is -0.307 e. The SMILES string of the molecule is CC(NC1CCCC1)c1cc(Cl)ccc1Cl. The average Bonchev–Trinajstić information content (AvgIpc) is 2.74. The minimum atomic E-state index is 0.272. The normalized spacial score (nSPS) is 18.9. The van der Waals surface area contributed by atoms with Crippen molar-refractivity contribution >= 4 is 23.2 Å².